The van der Waals surface area contributed by atoms with Crippen molar-refractivity contribution in [1.29, 1.82) is 0 Å². The van der Waals surface area contributed by atoms with Gasteiger partial charge >= 0.3 is 0 Å². The second kappa shape index (κ2) is 8.60. The molecule has 1 aliphatic rings. The lowest BCUT2D eigenvalue weighted by atomic mass is 10.2. The molecule has 1 atom stereocenters. The maximum atomic E-state index is 12.3. The van der Waals surface area contributed by atoms with Crippen molar-refractivity contribution in [2.45, 2.75) is 12.6 Å². The lowest BCUT2D eigenvalue weighted by molar-refractivity contribution is -0.0292. The van der Waals surface area contributed by atoms with Gasteiger partial charge in [0, 0.05) is 29.7 Å². The van der Waals surface area contributed by atoms with E-state index in [1.807, 2.05) is 30.3 Å². The molecule has 126 valence electrons. The first-order chi connectivity index (χ1) is 11.7. The average Bonchev–Trinajstić information content (AvgIpc) is 2.61. The maximum Gasteiger partial charge on any atom is 0.252 e. The van der Waals surface area contributed by atoms with Gasteiger partial charge in [-0.1, -0.05) is 42.5 Å². The Labute approximate surface area is 156 Å². The van der Waals surface area contributed by atoms with Crippen LogP contribution in [0.5, 0.6) is 0 Å². The Balaban J connectivity index is 1.50. The fourth-order valence-corrected chi connectivity index (χ4v) is 3.47. The van der Waals surface area contributed by atoms with Crippen molar-refractivity contribution in [2.24, 2.45) is 0 Å². The minimum Gasteiger partial charge on any atom is -0.374 e. The molecule has 1 amide bonds. The van der Waals surface area contributed by atoms with E-state index in [0.717, 1.165) is 28.8 Å². The molecule has 3 rings (SSSR count). The van der Waals surface area contributed by atoms with E-state index in [1.165, 1.54) is 5.56 Å². The second-order valence-electron chi connectivity index (χ2n) is 5.90. The highest BCUT2D eigenvalue weighted by Crippen LogP contribution is 2.12. The first-order valence-corrected chi connectivity index (χ1v) is 9.21. The van der Waals surface area contributed by atoms with E-state index in [4.69, 9.17) is 4.74 Å². The van der Waals surface area contributed by atoms with Gasteiger partial charge in [-0.15, -0.1) is 0 Å². The quantitative estimate of drug-likeness (QED) is 0.734. The molecule has 5 heteroatoms. The fraction of sp³-hybridized carbons (Fsp3) is 0.316. The van der Waals surface area contributed by atoms with Gasteiger partial charge in [-0.05, 0) is 40.3 Å². The number of nitrogens with one attached hydrogen (secondary N) is 1. The van der Waals surface area contributed by atoms with Crippen LogP contribution in [0.4, 0.5) is 0 Å². The average molecular weight is 436 g/mol. The molecule has 1 fully saturated rings. The summed E-state index contributed by atoms with van der Waals surface area (Å²) < 4.78 is 6.77. The lowest BCUT2D eigenvalue weighted by Gasteiger charge is -2.33. The summed E-state index contributed by atoms with van der Waals surface area (Å²) >= 11 is 2.19. The summed E-state index contributed by atoms with van der Waals surface area (Å²) in [7, 11) is 0. The summed E-state index contributed by atoms with van der Waals surface area (Å²) in [4.78, 5) is 14.7. The van der Waals surface area contributed by atoms with Crippen molar-refractivity contribution in [3.05, 3.63) is 69.3 Å². The van der Waals surface area contributed by atoms with Crippen LogP contribution in [0.3, 0.4) is 0 Å². The number of amides is 1. The molecule has 1 N–H and O–H groups in total. The van der Waals surface area contributed by atoms with Gasteiger partial charge in [-0.3, -0.25) is 9.69 Å². The number of benzene rings is 2. The number of carbonyl (C=O) groups is 1. The molecule has 0 aliphatic carbocycles. The number of carbonyl (C=O) groups excluding carboxylic acids is 1. The van der Waals surface area contributed by atoms with Crippen LogP contribution in [-0.4, -0.2) is 43.2 Å². The molecule has 1 aliphatic heterocycles. The lowest BCUT2D eigenvalue weighted by Crippen LogP contribution is -2.47. The molecule has 1 saturated heterocycles. The molecule has 0 saturated carbocycles. The molecule has 0 radical (unpaired) electrons. The number of hydrogen-bond acceptors (Lipinski definition) is 3. The third-order valence-corrected chi connectivity index (χ3v) is 5.02. The van der Waals surface area contributed by atoms with Crippen molar-refractivity contribution in [1.82, 2.24) is 10.2 Å². The number of ether oxygens (including phenoxy) is 1. The molecule has 4 nitrogen and oxygen atoms in total. The molecule has 24 heavy (non-hydrogen) atoms. The van der Waals surface area contributed by atoms with E-state index in [9.17, 15) is 4.79 Å². The van der Waals surface area contributed by atoms with Crippen LogP contribution in [0, 0.1) is 3.57 Å². The van der Waals surface area contributed by atoms with Crippen LogP contribution >= 0.6 is 22.6 Å². The predicted molar refractivity (Wildman–Crippen MR) is 103 cm³/mol. The number of rotatable bonds is 5. The fourth-order valence-electron chi connectivity index (χ4n) is 2.84. The third-order valence-electron chi connectivity index (χ3n) is 4.08. The Kier molecular flexibility index (Phi) is 6.23. The predicted octanol–water partition coefficient (Wildman–Crippen LogP) is 2.92. The number of halogens is 1. The smallest absolute Gasteiger partial charge is 0.252 e. The highest BCUT2D eigenvalue weighted by molar-refractivity contribution is 14.1. The largest absolute Gasteiger partial charge is 0.374 e. The summed E-state index contributed by atoms with van der Waals surface area (Å²) in [6.45, 7) is 3.92. The molecule has 0 spiro atoms. The monoisotopic (exact) mass is 436 g/mol. The zero-order valence-electron chi connectivity index (χ0n) is 13.5. The summed E-state index contributed by atoms with van der Waals surface area (Å²) in [6.07, 6.45) is 0.0350. The summed E-state index contributed by atoms with van der Waals surface area (Å²) in [5, 5.41) is 3.00. The Hall–Kier alpha value is -1.44. The van der Waals surface area contributed by atoms with E-state index in [2.05, 4.69) is 57.1 Å². The summed E-state index contributed by atoms with van der Waals surface area (Å²) in [5.41, 5.74) is 2.02. The van der Waals surface area contributed by atoms with Gasteiger partial charge in [-0.25, -0.2) is 0 Å². The standard InChI is InChI=1S/C19H21IN2O2/c20-18-9-5-4-8-17(18)19(23)21-12-16-14-22(10-11-24-16)13-15-6-2-1-3-7-15/h1-9,16H,10-14H2,(H,21,23). The van der Waals surface area contributed by atoms with E-state index in [-0.39, 0.29) is 12.0 Å². The van der Waals surface area contributed by atoms with Crippen LogP contribution in [-0.2, 0) is 11.3 Å². The van der Waals surface area contributed by atoms with E-state index < -0.39 is 0 Å². The molecule has 0 bridgehead atoms. The van der Waals surface area contributed by atoms with Gasteiger partial charge in [0.05, 0.1) is 18.3 Å². The summed E-state index contributed by atoms with van der Waals surface area (Å²) in [5.74, 6) is -0.0382. The third kappa shape index (κ3) is 4.78. The molecule has 2 aromatic carbocycles. The first-order valence-electron chi connectivity index (χ1n) is 8.13. The van der Waals surface area contributed by atoms with Gasteiger partial charge in [0.1, 0.15) is 0 Å². The molecule has 0 aromatic heterocycles. The SMILES string of the molecule is O=C(NCC1CN(Cc2ccccc2)CCO1)c1ccccc1I. The Morgan fingerprint density at radius 1 is 1.17 bits per heavy atom. The normalized spacial score (nSPS) is 18.3. The van der Waals surface area contributed by atoms with Gasteiger partial charge in [-0.2, -0.15) is 0 Å². The van der Waals surface area contributed by atoms with Crippen molar-refractivity contribution in [3.63, 3.8) is 0 Å². The van der Waals surface area contributed by atoms with Crippen LogP contribution in [0.15, 0.2) is 54.6 Å². The number of morpholine rings is 1. The van der Waals surface area contributed by atoms with E-state index in [0.29, 0.717) is 13.2 Å². The zero-order chi connectivity index (χ0) is 16.8. The molecular weight excluding hydrogens is 415 g/mol. The summed E-state index contributed by atoms with van der Waals surface area (Å²) in [6, 6.07) is 18.1. The van der Waals surface area contributed by atoms with E-state index >= 15 is 0 Å². The van der Waals surface area contributed by atoms with Crippen LogP contribution in [0.1, 0.15) is 15.9 Å². The molecular formula is C19H21IN2O2. The van der Waals surface area contributed by atoms with Crippen LogP contribution < -0.4 is 5.32 Å². The van der Waals surface area contributed by atoms with Crippen molar-refractivity contribution >= 4 is 28.5 Å². The van der Waals surface area contributed by atoms with Crippen LogP contribution in [0.25, 0.3) is 0 Å². The second-order valence-corrected chi connectivity index (χ2v) is 7.07. The van der Waals surface area contributed by atoms with E-state index in [1.54, 1.807) is 0 Å². The Morgan fingerprint density at radius 3 is 2.71 bits per heavy atom. The molecule has 1 unspecified atom stereocenters. The van der Waals surface area contributed by atoms with Crippen LogP contribution in [0.2, 0.25) is 0 Å². The molecule has 2 aromatic rings. The maximum absolute atomic E-state index is 12.3. The molecule has 1 heterocycles. The first kappa shape index (κ1) is 17.4. The minimum absolute atomic E-state index is 0.0350. The zero-order valence-corrected chi connectivity index (χ0v) is 15.6. The highest BCUT2D eigenvalue weighted by atomic mass is 127. The van der Waals surface area contributed by atoms with Gasteiger partial charge in [0.2, 0.25) is 0 Å². The number of hydrogen-bond donors (Lipinski definition) is 1. The Bertz CT molecular complexity index is 678. The minimum atomic E-state index is -0.0382. The van der Waals surface area contributed by atoms with Gasteiger partial charge < -0.3 is 10.1 Å². The topological polar surface area (TPSA) is 41.6 Å². The van der Waals surface area contributed by atoms with Crippen molar-refractivity contribution in [3.8, 4) is 0 Å². The van der Waals surface area contributed by atoms with Gasteiger partial charge in [0.15, 0.2) is 0 Å². The Morgan fingerprint density at radius 2 is 1.92 bits per heavy atom. The highest BCUT2D eigenvalue weighted by Gasteiger charge is 2.21. The van der Waals surface area contributed by atoms with Crippen molar-refractivity contribution < 1.29 is 9.53 Å². The van der Waals surface area contributed by atoms with Gasteiger partial charge in [0.25, 0.3) is 5.91 Å². The van der Waals surface area contributed by atoms with Crippen molar-refractivity contribution in [2.75, 3.05) is 26.2 Å². The number of nitrogens with zero attached hydrogens (tertiary/aromatic N) is 1.